The van der Waals surface area contributed by atoms with Crippen LogP contribution >= 0.6 is 0 Å². The Morgan fingerprint density at radius 2 is 1.39 bits per heavy atom. The molecule has 5 N–H and O–H groups in total. The minimum absolute atomic E-state index is 0.105. The van der Waals surface area contributed by atoms with Crippen molar-refractivity contribution in [1.29, 1.82) is 0 Å². The minimum atomic E-state index is -0.364. The SMILES string of the molecule is COc1cc(C(C)c2c(O)cc(O)cc2/C=C/c2ccc(O)c(O)c2)cc(OC)c1O. The summed E-state index contributed by atoms with van der Waals surface area (Å²) in [6, 6.07) is 10.5. The van der Waals surface area contributed by atoms with Gasteiger partial charge in [-0.25, -0.2) is 0 Å². The highest BCUT2D eigenvalue weighted by Gasteiger charge is 2.21. The van der Waals surface area contributed by atoms with E-state index in [9.17, 15) is 25.5 Å². The molecule has 0 bridgehead atoms. The van der Waals surface area contributed by atoms with Crippen LogP contribution in [0.1, 0.15) is 35.1 Å². The van der Waals surface area contributed by atoms with Gasteiger partial charge in [-0.3, -0.25) is 0 Å². The van der Waals surface area contributed by atoms with Crippen LogP contribution in [0.15, 0.2) is 42.5 Å². The summed E-state index contributed by atoms with van der Waals surface area (Å²) in [6.07, 6.45) is 3.37. The van der Waals surface area contributed by atoms with Crippen LogP contribution in [-0.2, 0) is 0 Å². The molecule has 0 aliphatic rings. The lowest BCUT2D eigenvalue weighted by Crippen LogP contribution is -2.01. The summed E-state index contributed by atoms with van der Waals surface area (Å²) in [6.45, 7) is 1.86. The van der Waals surface area contributed by atoms with Crippen molar-refractivity contribution in [2.75, 3.05) is 14.2 Å². The van der Waals surface area contributed by atoms with Crippen molar-refractivity contribution >= 4 is 12.2 Å². The normalized spacial score (nSPS) is 12.1. The van der Waals surface area contributed by atoms with Crippen LogP contribution in [0.5, 0.6) is 40.2 Å². The van der Waals surface area contributed by atoms with Crippen LogP contribution in [0.3, 0.4) is 0 Å². The maximum atomic E-state index is 10.6. The third-order valence-electron chi connectivity index (χ3n) is 5.06. The molecule has 7 nitrogen and oxygen atoms in total. The van der Waals surface area contributed by atoms with Gasteiger partial charge < -0.3 is 35.0 Å². The molecule has 0 saturated heterocycles. The summed E-state index contributed by atoms with van der Waals surface area (Å²) in [5.41, 5.74) is 2.41. The Labute approximate surface area is 179 Å². The van der Waals surface area contributed by atoms with Gasteiger partial charge in [-0.1, -0.05) is 25.1 Å². The van der Waals surface area contributed by atoms with E-state index in [0.717, 1.165) is 0 Å². The molecule has 1 atom stereocenters. The van der Waals surface area contributed by atoms with Crippen molar-refractivity contribution in [3.8, 4) is 40.2 Å². The van der Waals surface area contributed by atoms with Crippen molar-refractivity contribution in [1.82, 2.24) is 0 Å². The lowest BCUT2D eigenvalue weighted by Gasteiger charge is -2.20. The first-order valence-electron chi connectivity index (χ1n) is 9.46. The largest absolute Gasteiger partial charge is 0.508 e. The number of phenolic OH excluding ortho intramolecular Hbond substituents is 5. The van der Waals surface area contributed by atoms with E-state index >= 15 is 0 Å². The van der Waals surface area contributed by atoms with Gasteiger partial charge in [0.25, 0.3) is 0 Å². The monoisotopic (exact) mass is 424 g/mol. The molecule has 31 heavy (non-hydrogen) atoms. The number of benzene rings is 3. The van der Waals surface area contributed by atoms with Crippen molar-refractivity contribution in [3.63, 3.8) is 0 Å². The Bertz CT molecular complexity index is 1110. The van der Waals surface area contributed by atoms with Gasteiger partial charge in [-0.2, -0.15) is 0 Å². The lowest BCUT2D eigenvalue weighted by molar-refractivity contribution is 0.339. The average molecular weight is 424 g/mol. The lowest BCUT2D eigenvalue weighted by atomic mass is 9.88. The summed E-state index contributed by atoms with van der Waals surface area (Å²) in [5, 5.41) is 50.0. The standard InChI is InChI=1S/C24H24O7/c1-13(16-10-21(30-2)24(29)22(11-16)31-3)23-15(9-17(25)12-20(23)28)6-4-14-5-7-18(26)19(27)8-14/h4-13,25-29H,1-3H3/b6-4+. The van der Waals surface area contributed by atoms with Gasteiger partial charge in [0, 0.05) is 17.5 Å². The summed E-state index contributed by atoms with van der Waals surface area (Å²) >= 11 is 0. The first-order valence-corrected chi connectivity index (χ1v) is 9.46. The first kappa shape index (κ1) is 21.7. The van der Waals surface area contributed by atoms with Crippen molar-refractivity contribution in [2.24, 2.45) is 0 Å². The quantitative estimate of drug-likeness (QED) is 0.291. The zero-order valence-electron chi connectivity index (χ0n) is 17.3. The van der Waals surface area contributed by atoms with Gasteiger partial charge in [0.05, 0.1) is 14.2 Å². The highest BCUT2D eigenvalue weighted by Crippen LogP contribution is 2.43. The fraction of sp³-hybridized carbons (Fsp3) is 0.167. The number of aromatic hydroxyl groups is 5. The van der Waals surface area contributed by atoms with E-state index in [1.165, 1.54) is 38.5 Å². The van der Waals surface area contributed by atoms with Crippen molar-refractivity contribution < 1.29 is 35.0 Å². The van der Waals surface area contributed by atoms with E-state index in [4.69, 9.17) is 9.47 Å². The maximum absolute atomic E-state index is 10.6. The minimum Gasteiger partial charge on any atom is -0.508 e. The van der Waals surface area contributed by atoms with Gasteiger partial charge in [0.1, 0.15) is 11.5 Å². The molecule has 7 heteroatoms. The number of phenols is 5. The molecular weight excluding hydrogens is 400 g/mol. The van der Waals surface area contributed by atoms with Crippen LogP contribution in [0.2, 0.25) is 0 Å². The van der Waals surface area contributed by atoms with Crippen LogP contribution < -0.4 is 9.47 Å². The number of ether oxygens (including phenoxy) is 2. The van der Waals surface area contributed by atoms with E-state index in [-0.39, 0.29) is 46.2 Å². The van der Waals surface area contributed by atoms with Gasteiger partial charge in [-0.15, -0.1) is 0 Å². The molecule has 162 valence electrons. The highest BCUT2D eigenvalue weighted by molar-refractivity contribution is 5.75. The van der Waals surface area contributed by atoms with E-state index in [1.807, 2.05) is 6.92 Å². The van der Waals surface area contributed by atoms with Crippen LogP contribution in [-0.4, -0.2) is 39.8 Å². The predicted octanol–water partition coefficient (Wildman–Crippen LogP) is 4.55. The number of methoxy groups -OCH3 is 2. The Morgan fingerprint density at radius 3 is 1.97 bits per heavy atom. The summed E-state index contributed by atoms with van der Waals surface area (Å²) in [7, 11) is 2.87. The van der Waals surface area contributed by atoms with Crippen LogP contribution in [0.25, 0.3) is 12.2 Å². The molecule has 0 saturated carbocycles. The second-order valence-electron chi connectivity index (χ2n) is 7.05. The number of rotatable bonds is 6. The number of hydrogen-bond donors (Lipinski definition) is 5. The molecule has 3 aromatic carbocycles. The Hall–Kier alpha value is -4.00. The van der Waals surface area contributed by atoms with E-state index < -0.39 is 0 Å². The third-order valence-corrected chi connectivity index (χ3v) is 5.06. The van der Waals surface area contributed by atoms with E-state index in [2.05, 4.69) is 0 Å². The molecule has 0 heterocycles. The van der Waals surface area contributed by atoms with Crippen LogP contribution in [0.4, 0.5) is 0 Å². The smallest absolute Gasteiger partial charge is 0.200 e. The Balaban J connectivity index is 2.09. The molecule has 0 amide bonds. The summed E-state index contributed by atoms with van der Waals surface area (Å²) in [4.78, 5) is 0. The molecule has 3 aromatic rings. The zero-order chi connectivity index (χ0) is 22.7. The highest BCUT2D eigenvalue weighted by atomic mass is 16.5. The summed E-state index contributed by atoms with van der Waals surface area (Å²) < 4.78 is 10.5. The molecule has 0 fully saturated rings. The maximum Gasteiger partial charge on any atom is 0.200 e. The van der Waals surface area contributed by atoms with Crippen molar-refractivity contribution in [3.05, 3.63) is 64.7 Å². The Kier molecular flexibility index (Phi) is 6.15. The molecule has 0 aliphatic heterocycles. The van der Waals surface area contributed by atoms with E-state index in [1.54, 1.807) is 30.4 Å². The fourth-order valence-corrected chi connectivity index (χ4v) is 3.41. The average Bonchev–Trinajstić information content (AvgIpc) is 2.74. The molecule has 0 aromatic heterocycles. The van der Waals surface area contributed by atoms with Crippen LogP contribution in [0, 0.1) is 0 Å². The molecular formula is C24H24O7. The van der Waals surface area contributed by atoms with E-state index in [0.29, 0.717) is 22.3 Å². The third kappa shape index (κ3) is 4.45. The Morgan fingerprint density at radius 1 is 0.742 bits per heavy atom. The molecule has 1 unspecified atom stereocenters. The molecule has 3 rings (SSSR count). The van der Waals surface area contributed by atoms with Gasteiger partial charge in [0.2, 0.25) is 5.75 Å². The van der Waals surface area contributed by atoms with Gasteiger partial charge in [-0.05, 0) is 47.0 Å². The zero-order valence-corrected chi connectivity index (χ0v) is 17.3. The van der Waals surface area contributed by atoms with Gasteiger partial charge in [0.15, 0.2) is 23.0 Å². The second kappa shape index (κ2) is 8.79. The predicted molar refractivity (Wildman–Crippen MR) is 117 cm³/mol. The van der Waals surface area contributed by atoms with Gasteiger partial charge >= 0.3 is 0 Å². The van der Waals surface area contributed by atoms with Crippen molar-refractivity contribution in [2.45, 2.75) is 12.8 Å². The summed E-state index contributed by atoms with van der Waals surface area (Å²) in [5.74, 6) is -0.712. The fourth-order valence-electron chi connectivity index (χ4n) is 3.41. The first-order chi connectivity index (χ1) is 14.7. The number of hydrogen-bond acceptors (Lipinski definition) is 7. The topological polar surface area (TPSA) is 120 Å². The molecule has 0 spiro atoms. The molecule has 0 aliphatic carbocycles. The molecule has 0 radical (unpaired) electrons. The second-order valence-corrected chi connectivity index (χ2v) is 7.05.